The predicted octanol–water partition coefficient (Wildman–Crippen LogP) is 30.7. The monoisotopic (exact) mass is 1580 g/mol. The van der Waals surface area contributed by atoms with E-state index in [1.807, 2.05) is 146 Å². The minimum atomic E-state index is -0.909. The van der Waals surface area contributed by atoms with Crippen LogP contribution in [0.15, 0.2) is 441 Å². The quantitative estimate of drug-likeness (QED) is 0.129. The first-order chi connectivity index (χ1) is 67.6. The first kappa shape index (κ1) is 54.7. The molecule has 123 heavy (non-hydrogen) atoms. The third-order valence-electron chi connectivity index (χ3n) is 25.5. The predicted molar refractivity (Wildman–Crippen MR) is 503 cm³/mol. The smallest absolute Gasteiger partial charge is 0.135 e. The highest BCUT2D eigenvalue weighted by molar-refractivity contribution is 6.12. The average Bonchev–Trinajstić information content (AvgIpc) is 1.55. The second-order valence-electron chi connectivity index (χ2n) is 31.7. The number of aromatic nitrogens is 2. The molecule has 26 rings (SSSR count). The highest BCUT2D eigenvalue weighted by atomic mass is 16.5. The maximum Gasteiger partial charge on any atom is 0.135 e. The van der Waals surface area contributed by atoms with Crippen LogP contribution in [0.25, 0.3) is 133 Å². The zero-order chi connectivity index (χ0) is 94.5. The van der Waals surface area contributed by atoms with Crippen LogP contribution in [-0.4, -0.2) is 9.13 Å². The Labute approximate surface area is 732 Å². The number of ether oxygens (including phenoxy) is 2. The van der Waals surface area contributed by atoms with Crippen molar-refractivity contribution in [3.63, 3.8) is 0 Å². The molecule has 7 heteroatoms. The van der Waals surface area contributed by atoms with E-state index in [1.54, 1.807) is 12.1 Å². The number of rotatable bonds is 11. The fourth-order valence-electron chi connectivity index (χ4n) is 20.6. The molecule has 0 bridgehead atoms. The SMILES string of the molecule is [2H]c1c([2H])c([2H])c2c(c1[2H])c1c([2H])c([2H])c([2H])c([2H])c1n2-c1cccc(N(c2cc(-c3ccc4oc5ccccc5c4c3)cc(N(c3cccc(-n4c5c([2H])c([2H])c([2H])c([2H])c5c5c([2H])c([2H])c([2H])c([2H])c54)c3)c3ccccc3-c3ccc4c(c3)C3(c5ccccc5O4)c4ccccc4-c4ccccc43)c2)c2ccccc2-c2ccc3c(c2)C2(c4ccccc4O3)c3ccccc3-c3ccccc32)c1. The van der Waals surface area contributed by atoms with Crippen LogP contribution in [0.4, 0.5) is 34.1 Å². The van der Waals surface area contributed by atoms with Gasteiger partial charge in [0.25, 0.3) is 0 Å². The van der Waals surface area contributed by atoms with Crippen molar-refractivity contribution in [2.24, 2.45) is 0 Å². The summed E-state index contributed by atoms with van der Waals surface area (Å²) in [6.45, 7) is 0. The number of anilines is 6. The third kappa shape index (κ3) is 9.99. The summed E-state index contributed by atoms with van der Waals surface area (Å²) in [5.74, 6) is 2.73. The van der Waals surface area contributed by atoms with E-state index in [0.717, 1.165) is 105 Å². The van der Waals surface area contributed by atoms with Gasteiger partial charge >= 0.3 is 0 Å². The van der Waals surface area contributed by atoms with Gasteiger partial charge in [0.05, 0.1) is 66.2 Å². The summed E-state index contributed by atoms with van der Waals surface area (Å²) in [7, 11) is 0. The Morgan fingerprint density at radius 1 is 0.228 bits per heavy atom. The molecule has 0 N–H and O–H groups in total. The minimum Gasteiger partial charge on any atom is -0.457 e. The molecule has 2 spiro atoms. The molecule has 7 nitrogen and oxygen atoms in total. The van der Waals surface area contributed by atoms with E-state index < -0.39 is 108 Å². The lowest BCUT2D eigenvalue weighted by Gasteiger charge is -2.39. The molecule has 2 aliphatic carbocycles. The maximum absolute atomic E-state index is 9.87. The largest absolute Gasteiger partial charge is 0.457 e. The lowest BCUT2D eigenvalue weighted by atomic mass is 9.65. The lowest BCUT2D eigenvalue weighted by Crippen LogP contribution is -2.32. The van der Waals surface area contributed by atoms with Gasteiger partial charge in [-0.15, -0.1) is 0 Å². The van der Waals surface area contributed by atoms with E-state index in [9.17, 15) is 16.4 Å². The maximum atomic E-state index is 9.87. The fourth-order valence-corrected chi connectivity index (χ4v) is 20.6. The van der Waals surface area contributed by atoms with Gasteiger partial charge < -0.3 is 32.8 Å². The molecule has 0 unspecified atom stereocenters. The number of hydrogen-bond acceptors (Lipinski definition) is 5. The van der Waals surface area contributed by atoms with Crippen LogP contribution >= 0.6 is 0 Å². The van der Waals surface area contributed by atoms with Gasteiger partial charge in [0, 0.05) is 99.8 Å². The van der Waals surface area contributed by atoms with E-state index in [0.29, 0.717) is 73.9 Å². The van der Waals surface area contributed by atoms with Crippen LogP contribution in [0, 0.1) is 0 Å². The van der Waals surface area contributed by atoms with Gasteiger partial charge in [0.15, 0.2) is 0 Å². The van der Waals surface area contributed by atoms with E-state index in [-0.39, 0.29) is 55.0 Å². The molecule has 4 aliphatic rings. The van der Waals surface area contributed by atoms with Gasteiger partial charge in [0.1, 0.15) is 34.2 Å². The molecule has 22 aromatic rings. The number of hydrogen-bond donors (Lipinski definition) is 0. The van der Waals surface area contributed by atoms with Crippen molar-refractivity contribution in [2.75, 3.05) is 9.80 Å². The van der Waals surface area contributed by atoms with Crippen molar-refractivity contribution < 1.29 is 35.8 Å². The van der Waals surface area contributed by atoms with E-state index in [4.69, 9.17) is 19.4 Å². The van der Waals surface area contributed by atoms with Crippen LogP contribution in [0.1, 0.15) is 66.4 Å². The number of benzene rings is 19. The standard InChI is InChI=1S/C116H72N4O3/c1-12-44-95-85(35-1)86-36-2-13-45-96(86)115(95)99-48-16-25-57-111(99)122-113-63-60-74(68-101(113)115)83-33-5-18-50-103(83)117(77-29-27-31-79(70-77)119-105-52-20-7-39-89(105)90-40-8-21-53-106(90)119)81-65-76(73-59-62-110-94(67-73)93-43-11-24-56-109(93)121-110)66-82(72-81)118(78-30-28-32-80(71-78)120-107-54-22-9-41-91(107)92-42-10-23-55-108(92)120)104-51-19-6-34-84(104)75-61-64-114-102(69-75)116(100-49-17-26-58-112(100)123-114)97-46-14-3-37-87(97)88-38-4-15-47-98(88)116/h1-72H/i7D,8D,9D,10D,20D,21D,22D,23D,39D,40D,41D,42D,52D,53D,54D,55D. The Kier molecular flexibility index (Phi) is 11.9. The summed E-state index contributed by atoms with van der Waals surface area (Å²) in [6, 6.07) is 106. The molecule has 0 saturated heterocycles. The Morgan fingerprint density at radius 2 is 0.585 bits per heavy atom. The number of para-hydroxylation sites is 9. The normalized spacial score (nSPS) is 15.1. The zero-order valence-electron chi connectivity index (χ0n) is 81.3. The Bertz CT molecular complexity index is 8550. The van der Waals surface area contributed by atoms with Gasteiger partial charge in [-0.25, -0.2) is 0 Å². The van der Waals surface area contributed by atoms with Crippen molar-refractivity contribution in [3.05, 3.63) is 481 Å². The van der Waals surface area contributed by atoms with Crippen molar-refractivity contribution in [2.45, 2.75) is 10.8 Å². The van der Waals surface area contributed by atoms with Crippen LogP contribution in [0.3, 0.4) is 0 Å². The van der Waals surface area contributed by atoms with E-state index in [1.165, 1.54) is 9.13 Å². The minimum absolute atomic E-state index is 0.0761. The Hall–Kier alpha value is -16.2. The van der Waals surface area contributed by atoms with Crippen molar-refractivity contribution in [3.8, 4) is 90.0 Å². The zero-order valence-corrected chi connectivity index (χ0v) is 65.3. The molecule has 574 valence electrons. The summed E-state index contributed by atoms with van der Waals surface area (Å²) in [6.07, 6.45) is 0. The molecule has 3 aromatic heterocycles. The molecular weight excluding hydrogens is 1500 g/mol. The summed E-state index contributed by atoms with van der Waals surface area (Å²) >= 11 is 0. The van der Waals surface area contributed by atoms with Gasteiger partial charge in [-0.1, -0.05) is 291 Å². The van der Waals surface area contributed by atoms with E-state index >= 15 is 0 Å². The molecule has 0 radical (unpaired) electrons. The molecule has 2 aliphatic heterocycles. The van der Waals surface area contributed by atoms with Crippen molar-refractivity contribution >= 4 is 99.7 Å². The number of furan rings is 1. The van der Waals surface area contributed by atoms with Crippen LogP contribution < -0.4 is 19.3 Å². The molecule has 0 fully saturated rings. The molecule has 0 saturated carbocycles. The average molecular weight is 1590 g/mol. The molecule has 19 aromatic carbocycles. The Balaban J connectivity index is 0.782. The first-order valence-electron chi connectivity index (χ1n) is 48.9. The van der Waals surface area contributed by atoms with Crippen LogP contribution in [0.2, 0.25) is 0 Å². The summed E-state index contributed by atoms with van der Waals surface area (Å²) in [5, 5.41) is 1.31. The third-order valence-corrected chi connectivity index (χ3v) is 25.5. The summed E-state index contributed by atoms with van der Waals surface area (Å²) < 4.78 is 176. The topological polar surface area (TPSA) is 47.9 Å². The molecule has 0 amide bonds. The molecule has 5 heterocycles. The van der Waals surface area contributed by atoms with Crippen LogP contribution in [-0.2, 0) is 10.8 Å². The lowest BCUT2D eigenvalue weighted by molar-refractivity contribution is 0.436. The van der Waals surface area contributed by atoms with Gasteiger partial charge in [0.2, 0.25) is 0 Å². The Morgan fingerprint density at radius 3 is 1.03 bits per heavy atom. The molecule has 0 atom stereocenters. The first-order valence-corrected chi connectivity index (χ1v) is 40.9. The fraction of sp³-hybridized carbons (Fsp3) is 0.0172. The highest BCUT2D eigenvalue weighted by Gasteiger charge is 2.53. The second-order valence-corrected chi connectivity index (χ2v) is 31.7. The number of nitrogens with zero attached hydrogens (tertiary/aromatic N) is 4. The van der Waals surface area contributed by atoms with Gasteiger partial charge in [-0.2, -0.15) is 0 Å². The number of fused-ring (bicyclic) bond motifs is 27. The van der Waals surface area contributed by atoms with Gasteiger partial charge in [-0.3, -0.25) is 0 Å². The molecular formula is C116H72N4O3. The summed E-state index contributed by atoms with van der Waals surface area (Å²) in [5.41, 5.74) is 19.7. The van der Waals surface area contributed by atoms with Crippen molar-refractivity contribution in [1.82, 2.24) is 9.13 Å². The van der Waals surface area contributed by atoms with Crippen LogP contribution in [0.5, 0.6) is 23.0 Å². The van der Waals surface area contributed by atoms with Crippen molar-refractivity contribution in [1.29, 1.82) is 0 Å². The second kappa shape index (κ2) is 26.6. The highest BCUT2D eigenvalue weighted by Crippen LogP contribution is 2.65. The van der Waals surface area contributed by atoms with Gasteiger partial charge in [-0.05, 0) is 212 Å². The summed E-state index contributed by atoms with van der Waals surface area (Å²) in [4.78, 5) is 4.27. The van der Waals surface area contributed by atoms with E-state index in [2.05, 4.69) is 192 Å².